The molecule has 3 atom stereocenters. The van der Waals surface area contributed by atoms with Crippen molar-refractivity contribution in [2.45, 2.75) is 58.8 Å². The lowest BCUT2D eigenvalue weighted by Crippen LogP contribution is -2.32. The molecular formula is C31H36NO2+. The van der Waals surface area contributed by atoms with E-state index >= 15 is 0 Å². The van der Waals surface area contributed by atoms with Gasteiger partial charge in [0.1, 0.15) is 11.6 Å². The summed E-state index contributed by atoms with van der Waals surface area (Å²) >= 11 is 0. The Hall–Kier alpha value is -3.19. The molecule has 3 nitrogen and oxygen atoms in total. The first-order chi connectivity index (χ1) is 16.6. The summed E-state index contributed by atoms with van der Waals surface area (Å²) in [6.07, 6.45) is 3.20. The van der Waals surface area contributed by atoms with Gasteiger partial charge in [-0.25, -0.2) is 0 Å². The molecular weight excluding hydrogens is 418 g/mol. The molecule has 0 aliphatic heterocycles. The Labute approximate surface area is 204 Å². The number of nitriles is 1. The van der Waals surface area contributed by atoms with Crippen LogP contribution in [0, 0.1) is 17.2 Å². The van der Waals surface area contributed by atoms with E-state index in [1.807, 2.05) is 60.7 Å². The highest BCUT2D eigenvalue weighted by atomic mass is 16.6. The molecule has 2 N–H and O–H groups in total. The zero-order valence-corrected chi connectivity index (χ0v) is 20.5. The molecule has 3 aromatic rings. The minimum Gasteiger partial charge on any atom is -0.403 e. The number of nitrogens with zero attached hydrogens (tertiary/aromatic N) is 1. The highest BCUT2D eigenvalue weighted by Crippen LogP contribution is 2.31. The van der Waals surface area contributed by atoms with Gasteiger partial charge < -0.3 is 9.84 Å². The lowest BCUT2D eigenvalue weighted by Gasteiger charge is -2.23. The Bertz CT molecular complexity index is 1080. The molecule has 2 unspecified atom stereocenters. The van der Waals surface area contributed by atoms with E-state index in [-0.39, 0.29) is 11.7 Å². The summed E-state index contributed by atoms with van der Waals surface area (Å²) in [4.78, 5) is 0. The molecule has 0 amide bonds. The molecule has 0 spiro atoms. The summed E-state index contributed by atoms with van der Waals surface area (Å²) in [5, 5.41) is 21.3. The second-order valence-electron chi connectivity index (χ2n) is 8.78. The van der Waals surface area contributed by atoms with E-state index in [0.717, 1.165) is 53.5 Å². The molecule has 3 rings (SSSR count). The Morgan fingerprint density at radius 1 is 0.853 bits per heavy atom. The lowest BCUT2D eigenvalue weighted by molar-refractivity contribution is -0.238. The molecule has 0 aromatic heterocycles. The van der Waals surface area contributed by atoms with Gasteiger partial charge in [-0.1, -0.05) is 112 Å². The lowest BCUT2D eigenvalue weighted by atomic mass is 9.91. The summed E-state index contributed by atoms with van der Waals surface area (Å²) in [5.74, 6) is 0.403. The minimum atomic E-state index is -1.17. The third-order valence-electron chi connectivity index (χ3n) is 6.50. The second-order valence-corrected chi connectivity index (χ2v) is 8.78. The van der Waals surface area contributed by atoms with Crippen molar-refractivity contribution < 1.29 is 9.84 Å². The van der Waals surface area contributed by atoms with Gasteiger partial charge in [0.05, 0.1) is 0 Å². The minimum absolute atomic E-state index is 0.0209. The van der Waals surface area contributed by atoms with Gasteiger partial charge in [-0.05, 0) is 35.1 Å². The molecule has 3 aromatic carbocycles. The van der Waals surface area contributed by atoms with Gasteiger partial charge in [0, 0.05) is 18.4 Å². The van der Waals surface area contributed by atoms with Crippen LogP contribution in [0.3, 0.4) is 0 Å². The van der Waals surface area contributed by atoms with Crippen LogP contribution in [-0.4, -0.2) is 22.2 Å². The monoisotopic (exact) mass is 454 g/mol. The summed E-state index contributed by atoms with van der Waals surface area (Å²) in [7, 11) is 0. The highest BCUT2D eigenvalue weighted by Gasteiger charge is 2.29. The normalized spacial score (nSPS) is 14.6. The third-order valence-corrected chi connectivity index (χ3v) is 6.50. The maximum absolute atomic E-state index is 11.1. The van der Waals surface area contributed by atoms with Crippen LogP contribution in [0.25, 0.3) is 16.7 Å². The molecule has 0 radical (unpaired) electrons. The van der Waals surface area contributed by atoms with E-state index in [2.05, 4.69) is 55.8 Å². The molecule has 3 heteroatoms. The van der Waals surface area contributed by atoms with E-state index in [0.29, 0.717) is 5.92 Å². The quantitative estimate of drug-likeness (QED) is 0.190. The topological polar surface area (TPSA) is 56.8 Å². The molecule has 0 bridgehead atoms. The van der Waals surface area contributed by atoms with Crippen molar-refractivity contribution in [2.24, 2.45) is 5.92 Å². The van der Waals surface area contributed by atoms with Crippen molar-refractivity contribution in [3.8, 4) is 17.2 Å². The average Bonchev–Trinajstić information content (AvgIpc) is 2.88. The smallest absolute Gasteiger partial charge is 0.300 e. The number of hydrogen-bond acceptors (Lipinski definition) is 2. The molecule has 0 saturated heterocycles. The molecule has 0 heterocycles. The van der Waals surface area contributed by atoms with Gasteiger partial charge in [0.15, 0.2) is 6.10 Å². The Balaban J connectivity index is 1.98. The number of aliphatic hydroxyl groups is 3. The highest BCUT2D eigenvalue weighted by molar-refractivity contribution is 5.85. The fraction of sp³-hybridized carbons (Fsp3) is 0.323. The maximum atomic E-state index is 11.1. The van der Waals surface area contributed by atoms with Gasteiger partial charge in [0.25, 0.3) is 0 Å². The summed E-state index contributed by atoms with van der Waals surface area (Å²) in [5.41, 5.74) is 5.05. The van der Waals surface area contributed by atoms with E-state index in [4.69, 9.17) is 0 Å². The van der Waals surface area contributed by atoms with Crippen molar-refractivity contribution in [3.05, 3.63) is 102 Å². The standard InChI is InChI=1S/C31H35NO2/c1-4-6-13-24(5-2)23(3)34-31(33)29(22-32)30(27-16-11-8-12-17-27)28-20-18-26(19-21-28)25-14-9-7-10-15-25/h7-12,14-21,23-24,31,33H,4-6,13H2,1-3H3/p+1/b30-29-/t23-,24?,31?/m1/s1. The largest absolute Gasteiger partial charge is 0.403 e. The summed E-state index contributed by atoms with van der Waals surface area (Å²) in [6, 6.07) is 30.5. The molecule has 176 valence electrons. The van der Waals surface area contributed by atoms with E-state index < -0.39 is 6.29 Å². The zero-order chi connectivity index (χ0) is 24.3. The molecule has 0 aliphatic rings. The van der Waals surface area contributed by atoms with Gasteiger partial charge in [-0.15, -0.1) is 0 Å². The molecule has 0 fully saturated rings. The number of unbranched alkanes of at least 4 members (excludes halogenated alkanes) is 1. The van der Waals surface area contributed by atoms with E-state index in [9.17, 15) is 10.4 Å². The van der Waals surface area contributed by atoms with Crippen molar-refractivity contribution >= 4 is 5.57 Å². The van der Waals surface area contributed by atoms with Crippen molar-refractivity contribution in [3.63, 3.8) is 0 Å². The molecule has 0 aliphatic carbocycles. The van der Waals surface area contributed by atoms with Crippen LogP contribution in [0.1, 0.15) is 57.6 Å². The van der Waals surface area contributed by atoms with Crippen molar-refractivity contribution in [1.29, 1.82) is 5.26 Å². The maximum Gasteiger partial charge on any atom is 0.300 e. The zero-order valence-electron chi connectivity index (χ0n) is 20.5. The first-order valence-corrected chi connectivity index (χ1v) is 12.3. The first-order valence-electron chi connectivity index (χ1n) is 12.3. The number of benzene rings is 3. The summed E-state index contributed by atoms with van der Waals surface area (Å²) < 4.78 is 4.68. The SMILES string of the molecule is CCCCC(CC)[C@@H](C)[OH+]C(O)/C(C#N)=C(/c1ccccc1)c1ccc(-c2ccccc2)cc1. The molecule has 34 heavy (non-hydrogen) atoms. The fourth-order valence-corrected chi connectivity index (χ4v) is 4.46. The second kappa shape index (κ2) is 12.9. The molecule has 0 saturated carbocycles. The number of hydrogen-bond donors (Lipinski definition) is 1. The van der Waals surface area contributed by atoms with Crippen LogP contribution < -0.4 is 0 Å². The van der Waals surface area contributed by atoms with Crippen LogP contribution in [0.4, 0.5) is 0 Å². The first kappa shape index (κ1) is 25.4. The van der Waals surface area contributed by atoms with Gasteiger partial charge >= 0.3 is 6.29 Å². The van der Waals surface area contributed by atoms with Crippen molar-refractivity contribution in [1.82, 2.24) is 0 Å². The number of rotatable bonds is 11. The summed E-state index contributed by atoms with van der Waals surface area (Å²) in [6.45, 7) is 6.41. The third kappa shape index (κ3) is 6.44. The van der Waals surface area contributed by atoms with Crippen LogP contribution in [0.5, 0.6) is 0 Å². The van der Waals surface area contributed by atoms with Gasteiger partial charge in [-0.3, -0.25) is 0 Å². The van der Waals surface area contributed by atoms with E-state index in [1.54, 1.807) is 0 Å². The van der Waals surface area contributed by atoms with Crippen molar-refractivity contribution in [2.75, 3.05) is 0 Å². The van der Waals surface area contributed by atoms with E-state index in [1.165, 1.54) is 0 Å². The Morgan fingerprint density at radius 3 is 1.97 bits per heavy atom. The van der Waals surface area contributed by atoms with Gasteiger partial charge in [-0.2, -0.15) is 5.26 Å². The van der Waals surface area contributed by atoms with Crippen LogP contribution in [-0.2, 0) is 0 Å². The van der Waals surface area contributed by atoms with Crippen LogP contribution in [0.15, 0.2) is 90.5 Å². The average molecular weight is 455 g/mol. The van der Waals surface area contributed by atoms with Crippen LogP contribution >= 0.6 is 0 Å². The number of ether oxygens (including phenoxy) is 1. The number of aliphatic hydroxyl groups excluding tert-OH is 1. The predicted molar refractivity (Wildman–Crippen MR) is 141 cm³/mol. The Morgan fingerprint density at radius 2 is 1.41 bits per heavy atom. The predicted octanol–water partition coefficient (Wildman–Crippen LogP) is 7.13. The van der Waals surface area contributed by atoms with Gasteiger partial charge in [0.2, 0.25) is 0 Å². The Kier molecular flexibility index (Phi) is 9.64. The van der Waals surface area contributed by atoms with Crippen LogP contribution in [0.2, 0.25) is 0 Å². The fourth-order valence-electron chi connectivity index (χ4n) is 4.46.